The predicted molar refractivity (Wildman–Crippen MR) is 87.6 cm³/mol. The molecule has 0 aliphatic carbocycles. The van der Waals surface area contributed by atoms with Crippen molar-refractivity contribution in [1.29, 1.82) is 0 Å². The zero-order valence-corrected chi connectivity index (χ0v) is 13.0. The number of carbonyl (C=O) groups is 1. The van der Waals surface area contributed by atoms with Crippen LogP contribution in [0, 0.1) is 0 Å². The standard InChI is InChI=1S/C9H9NO3S.C7H9N/c1-13-9(8(11)12)10-6-4-2-3-5-7(6)14-9;8-6-7-4-2-1-3-5-7/h2-5,10H,1H3,(H,11,12);1-5H,6,8H2. The summed E-state index contributed by atoms with van der Waals surface area (Å²) in [5.74, 6) is -1.03. The van der Waals surface area contributed by atoms with Gasteiger partial charge in [-0.25, -0.2) is 4.79 Å². The number of carboxylic acids is 1. The van der Waals surface area contributed by atoms with E-state index in [1.807, 2.05) is 54.6 Å². The number of hydrogen-bond acceptors (Lipinski definition) is 5. The van der Waals surface area contributed by atoms with E-state index in [1.54, 1.807) is 0 Å². The van der Waals surface area contributed by atoms with Gasteiger partial charge >= 0.3 is 5.97 Å². The normalized spacial score (nSPS) is 18.6. The summed E-state index contributed by atoms with van der Waals surface area (Å²) in [6, 6.07) is 17.4. The van der Waals surface area contributed by atoms with Crippen molar-refractivity contribution in [3.8, 4) is 0 Å². The number of carboxylic acid groups (broad SMARTS) is 1. The summed E-state index contributed by atoms with van der Waals surface area (Å²) in [6.07, 6.45) is 0. The van der Waals surface area contributed by atoms with Gasteiger partial charge in [0.1, 0.15) is 0 Å². The number of aliphatic carboxylic acids is 1. The predicted octanol–water partition coefficient (Wildman–Crippen LogP) is 2.73. The molecule has 1 aliphatic rings. The second kappa shape index (κ2) is 7.31. The van der Waals surface area contributed by atoms with Gasteiger partial charge in [-0.05, 0) is 17.7 Å². The fourth-order valence-corrected chi connectivity index (χ4v) is 2.92. The number of rotatable bonds is 3. The number of ether oxygens (including phenoxy) is 1. The molecule has 2 aromatic carbocycles. The number of methoxy groups -OCH3 is 1. The van der Waals surface area contributed by atoms with Gasteiger partial charge in [-0.15, -0.1) is 0 Å². The summed E-state index contributed by atoms with van der Waals surface area (Å²) >= 11 is 1.16. The van der Waals surface area contributed by atoms with Crippen LogP contribution in [0.3, 0.4) is 0 Å². The minimum atomic E-state index is -1.37. The maximum atomic E-state index is 11.0. The van der Waals surface area contributed by atoms with E-state index in [2.05, 4.69) is 5.32 Å². The first kappa shape index (κ1) is 16.4. The van der Waals surface area contributed by atoms with Gasteiger partial charge in [0, 0.05) is 18.6 Å². The second-order valence-corrected chi connectivity index (χ2v) is 5.76. The van der Waals surface area contributed by atoms with Gasteiger partial charge in [-0.3, -0.25) is 0 Å². The van der Waals surface area contributed by atoms with E-state index in [1.165, 1.54) is 12.7 Å². The number of benzene rings is 2. The van der Waals surface area contributed by atoms with Gasteiger partial charge in [0.15, 0.2) is 0 Å². The van der Waals surface area contributed by atoms with Crippen LogP contribution in [0.5, 0.6) is 0 Å². The van der Waals surface area contributed by atoms with Crippen molar-refractivity contribution in [2.24, 2.45) is 5.73 Å². The van der Waals surface area contributed by atoms with Crippen molar-refractivity contribution in [3.63, 3.8) is 0 Å². The molecule has 0 amide bonds. The summed E-state index contributed by atoms with van der Waals surface area (Å²) in [7, 11) is 1.38. The van der Waals surface area contributed by atoms with E-state index in [0.29, 0.717) is 6.54 Å². The Morgan fingerprint density at radius 1 is 1.23 bits per heavy atom. The smallest absolute Gasteiger partial charge is 0.369 e. The lowest BCUT2D eigenvalue weighted by molar-refractivity contribution is -0.149. The van der Waals surface area contributed by atoms with E-state index < -0.39 is 11.0 Å². The van der Waals surface area contributed by atoms with Crippen LogP contribution in [0.25, 0.3) is 0 Å². The van der Waals surface area contributed by atoms with Gasteiger partial charge in [0.05, 0.1) is 5.69 Å². The molecule has 1 aliphatic heterocycles. The number of thioether (sulfide) groups is 1. The number of nitrogens with two attached hydrogens (primary N) is 1. The third-order valence-electron chi connectivity index (χ3n) is 3.09. The van der Waals surface area contributed by atoms with Crippen LogP contribution in [0.2, 0.25) is 0 Å². The molecular formula is C16H18N2O3S. The van der Waals surface area contributed by atoms with Gasteiger partial charge in [-0.2, -0.15) is 0 Å². The van der Waals surface area contributed by atoms with Crippen LogP contribution in [0.4, 0.5) is 5.69 Å². The molecule has 5 nitrogen and oxygen atoms in total. The molecular weight excluding hydrogens is 300 g/mol. The molecule has 3 rings (SSSR count). The summed E-state index contributed by atoms with van der Waals surface area (Å²) in [6.45, 7) is 0.640. The first-order chi connectivity index (χ1) is 10.6. The third-order valence-corrected chi connectivity index (χ3v) is 4.39. The average Bonchev–Trinajstić information content (AvgIpc) is 2.96. The topological polar surface area (TPSA) is 84.6 Å². The van der Waals surface area contributed by atoms with Gasteiger partial charge < -0.3 is 20.9 Å². The lowest BCUT2D eigenvalue weighted by atomic mass is 10.2. The molecule has 0 bridgehead atoms. The van der Waals surface area contributed by atoms with Crippen LogP contribution in [-0.2, 0) is 16.1 Å². The SMILES string of the molecule is COC1(C(=O)O)Nc2ccccc2S1.NCc1ccccc1. The van der Waals surface area contributed by atoms with Crippen molar-refractivity contribution in [3.05, 3.63) is 60.2 Å². The monoisotopic (exact) mass is 318 g/mol. The first-order valence-electron chi connectivity index (χ1n) is 6.70. The molecule has 6 heteroatoms. The van der Waals surface area contributed by atoms with Crippen molar-refractivity contribution >= 4 is 23.4 Å². The zero-order chi connectivity index (χ0) is 16.0. The Balaban J connectivity index is 0.000000188. The van der Waals surface area contributed by atoms with E-state index in [4.69, 9.17) is 15.6 Å². The highest BCUT2D eigenvalue weighted by molar-refractivity contribution is 8.01. The fourth-order valence-electron chi connectivity index (χ4n) is 1.91. The van der Waals surface area contributed by atoms with E-state index in [-0.39, 0.29) is 0 Å². The minimum absolute atomic E-state index is 0.640. The molecule has 116 valence electrons. The van der Waals surface area contributed by atoms with E-state index in [0.717, 1.165) is 22.3 Å². The molecule has 22 heavy (non-hydrogen) atoms. The minimum Gasteiger partial charge on any atom is -0.477 e. The number of fused-ring (bicyclic) bond motifs is 1. The Morgan fingerprint density at radius 3 is 2.36 bits per heavy atom. The highest BCUT2D eigenvalue weighted by Gasteiger charge is 2.45. The average molecular weight is 318 g/mol. The van der Waals surface area contributed by atoms with Crippen molar-refractivity contribution in [2.45, 2.75) is 16.5 Å². The van der Waals surface area contributed by atoms with Gasteiger partial charge in [0.25, 0.3) is 5.06 Å². The van der Waals surface area contributed by atoms with E-state index >= 15 is 0 Å². The molecule has 0 spiro atoms. The van der Waals surface area contributed by atoms with Crippen LogP contribution < -0.4 is 11.1 Å². The zero-order valence-electron chi connectivity index (χ0n) is 12.2. The summed E-state index contributed by atoms with van der Waals surface area (Å²) in [4.78, 5) is 11.9. The summed E-state index contributed by atoms with van der Waals surface area (Å²) in [5.41, 5.74) is 7.33. The maximum absolute atomic E-state index is 11.0. The van der Waals surface area contributed by atoms with Crippen LogP contribution in [0.1, 0.15) is 5.56 Å². The highest BCUT2D eigenvalue weighted by Crippen LogP contribution is 2.45. The number of para-hydroxylation sites is 1. The molecule has 0 aromatic heterocycles. The Hall–Kier alpha value is -2.02. The van der Waals surface area contributed by atoms with Crippen molar-refractivity contribution in [2.75, 3.05) is 12.4 Å². The van der Waals surface area contributed by atoms with Crippen LogP contribution in [-0.4, -0.2) is 23.2 Å². The molecule has 1 atom stereocenters. The molecule has 0 saturated carbocycles. The highest BCUT2D eigenvalue weighted by atomic mass is 32.2. The van der Waals surface area contributed by atoms with Crippen molar-refractivity contribution < 1.29 is 14.6 Å². The lowest BCUT2D eigenvalue weighted by Gasteiger charge is -2.21. The molecule has 0 saturated heterocycles. The van der Waals surface area contributed by atoms with Gasteiger partial charge in [-0.1, -0.05) is 54.2 Å². The second-order valence-electron chi connectivity index (χ2n) is 4.54. The van der Waals surface area contributed by atoms with E-state index in [9.17, 15) is 4.79 Å². The van der Waals surface area contributed by atoms with Crippen LogP contribution >= 0.6 is 11.8 Å². The third kappa shape index (κ3) is 3.59. The molecule has 2 aromatic rings. The maximum Gasteiger partial charge on any atom is 0.369 e. The lowest BCUT2D eigenvalue weighted by Crippen LogP contribution is -2.42. The Kier molecular flexibility index (Phi) is 5.43. The molecule has 0 radical (unpaired) electrons. The number of anilines is 1. The first-order valence-corrected chi connectivity index (χ1v) is 7.51. The summed E-state index contributed by atoms with van der Waals surface area (Å²) < 4.78 is 5.00. The quantitative estimate of drug-likeness (QED) is 0.807. The molecule has 1 unspecified atom stereocenters. The Labute approximate surface area is 133 Å². The number of hydrogen-bond donors (Lipinski definition) is 3. The largest absolute Gasteiger partial charge is 0.477 e. The van der Waals surface area contributed by atoms with Crippen molar-refractivity contribution in [1.82, 2.24) is 0 Å². The summed E-state index contributed by atoms with van der Waals surface area (Å²) in [5, 5.41) is 10.5. The van der Waals surface area contributed by atoms with Gasteiger partial charge in [0.2, 0.25) is 0 Å². The van der Waals surface area contributed by atoms with Crippen LogP contribution in [0.15, 0.2) is 59.5 Å². The Morgan fingerprint density at radius 2 is 1.86 bits per heavy atom. The molecule has 0 fully saturated rings. The number of nitrogens with one attached hydrogen (secondary N) is 1. The molecule has 4 N–H and O–H groups in total. The fraction of sp³-hybridized carbons (Fsp3) is 0.188. The molecule has 1 heterocycles. The Bertz CT molecular complexity index is 609.